The molecule has 4 heteroatoms. The summed E-state index contributed by atoms with van der Waals surface area (Å²) in [5.74, 6) is 0. The Morgan fingerprint density at radius 1 is 1.77 bits per heavy atom. The van der Waals surface area contributed by atoms with Gasteiger partial charge in [-0.15, -0.1) is 11.3 Å². The molecule has 1 N–H and O–H groups in total. The van der Waals surface area contributed by atoms with E-state index < -0.39 is 0 Å². The molecule has 0 spiro atoms. The molecule has 0 bridgehead atoms. The van der Waals surface area contributed by atoms with Crippen molar-refractivity contribution < 1.29 is 4.74 Å². The summed E-state index contributed by atoms with van der Waals surface area (Å²) in [5, 5.41) is 6.34. The lowest BCUT2D eigenvalue weighted by Gasteiger charge is -2.15. The SMILES string of the molecule is CC(OC1CCNC1)c1nccs1. The summed E-state index contributed by atoms with van der Waals surface area (Å²) in [6, 6.07) is 0. The van der Waals surface area contributed by atoms with Crippen LogP contribution in [0.5, 0.6) is 0 Å². The number of rotatable bonds is 3. The lowest BCUT2D eigenvalue weighted by Crippen LogP contribution is -2.18. The third kappa shape index (κ3) is 2.27. The maximum atomic E-state index is 5.84. The minimum absolute atomic E-state index is 0.143. The predicted molar refractivity (Wildman–Crippen MR) is 52.9 cm³/mol. The van der Waals surface area contributed by atoms with Gasteiger partial charge in [-0.05, 0) is 19.9 Å². The van der Waals surface area contributed by atoms with Gasteiger partial charge in [0.1, 0.15) is 11.1 Å². The molecule has 2 rings (SSSR count). The Kier molecular flexibility index (Phi) is 2.93. The standard InChI is InChI=1S/C9H14N2OS/c1-7(9-11-4-5-13-9)12-8-2-3-10-6-8/h4-5,7-8,10H,2-3,6H2,1H3. The van der Waals surface area contributed by atoms with E-state index in [4.69, 9.17) is 4.74 Å². The quantitative estimate of drug-likeness (QED) is 0.800. The third-order valence-corrected chi connectivity index (χ3v) is 3.15. The fourth-order valence-electron chi connectivity index (χ4n) is 1.53. The van der Waals surface area contributed by atoms with Crippen molar-refractivity contribution in [1.29, 1.82) is 0 Å². The first-order valence-corrected chi connectivity index (χ1v) is 5.50. The number of nitrogens with one attached hydrogen (secondary N) is 1. The molecule has 2 atom stereocenters. The molecule has 0 radical (unpaired) electrons. The van der Waals surface area contributed by atoms with Gasteiger partial charge in [-0.1, -0.05) is 0 Å². The first kappa shape index (κ1) is 9.12. The van der Waals surface area contributed by atoms with Crippen LogP contribution in [0, 0.1) is 0 Å². The van der Waals surface area contributed by atoms with Crippen molar-refractivity contribution >= 4 is 11.3 Å². The smallest absolute Gasteiger partial charge is 0.121 e. The van der Waals surface area contributed by atoms with Gasteiger partial charge in [0.25, 0.3) is 0 Å². The Hall–Kier alpha value is -0.450. The zero-order valence-corrected chi connectivity index (χ0v) is 8.51. The van der Waals surface area contributed by atoms with Gasteiger partial charge in [-0.2, -0.15) is 0 Å². The van der Waals surface area contributed by atoms with Gasteiger partial charge in [-0.25, -0.2) is 4.98 Å². The Morgan fingerprint density at radius 2 is 2.69 bits per heavy atom. The fourth-order valence-corrected chi connectivity index (χ4v) is 2.16. The monoisotopic (exact) mass is 198 g/mol. The molecule has 3 nitrogen and oxygen atoms in total. The highest BCUT2D eigenvalue weighted by molar-refractivity contribution is 7.09. The topological polar surface area (TPSA) is 34.1 Å². The molecule has 1 aromatic rings. The van der Waals surface area contributed by atoms with Crippen LogP contribution in [0.1, 0.15) is 24.5 Å². The van der Waals surface area contributed by atoms with Gasteiger partial charge in [0.15, 0.2) is 0 Å². The summed E-state index contributed by atoms with van der Waals surface area (Å²) in [6.07, 6.45) is 3.46. The molecule has 1 saturated heterocycles. The summed E-state index contributed by atoms with van der Waals surface area (Å²) in [5.41, 5.74) is 0. The van der Waals surface area contributed by atoms with E-state index in [0.29, 0.717) is 6.10 Å². The number of ether oxygens (including phenoxy) is 1. The number of aromatic nitrogens is 1. The van der Waals surface area contributed by atoms with Crippen LogP contribution in [0.25, 0.3) is 0 Å². The Morgan fingerprint density at radius 3 is 3.31 bits per heavy atom. The summed E-state index contributed by atoms with van der Waals surface area (Å²) in [6.45, 7) is 4.13. The zero-order valence-electron chi connectivity index (χ0n) is 7.69. The summed E-state index contributed by atoms with van der Waals surface area (Å²) >= 11 is 1.66. The van der Waals surface area contributed by atoms with Crippen molar-refractivity contribution in [3.63, 3.8) is 0 Å². The summed E-state index contributed by atoms with van der Waals surface area (Å²) in [4.78, 5) is 4.23. The normalized spacial score (nSPS) is 24.8. The average molecular weight is 198 g/mol. The second-order valence-corrected chi connectivity index (χ2v) is 4.19. The molecular formula is C9H14N2OS. The van der Waals surface area contributed by atoms with E-state index in [1.807, 2.05) is 11.6 Å². The molecule has 0 aromatic carbocycles. The minimum Gasteiger partial charge on any atom is -0.367 e. The van der Waals surface area contributed by atoms with Crippen LogP contribution in [-0.4, -0.2) is 24.2 Å². The first-order valence-electron chi connectivity index (χ1n) is 4.62. The highest BCUT2D eigenvalue weighted by atomic mass is 32.1. The van der Waals surface area contributed by atoms with E-state index in [-0.39, 0.29) is 6.10 Å². The highest BCUT2D eigenvalue weighted by Gasteiger charge is 2.19. The molecule has 0 aliphatic carbocycles. The molecule has 1 aromatic heterocycles. The molecule has 1 aliphatic heterocycles. The van der Waals surface area contributed by atoms with Gasteiger partial charge in [0.2, 0.25) is 0 Å². The maximum Gasteiger partial charge on any atom is 0.121 e. The second kappa shape index (κ2) is 4.17. The van der Waals surface area contributed by atoms with Crippen LogP contribution in [0.2, 0.25) is 0 Å². The van der Waals surface area contributed by atoms with Gasteiger partial charge < -0.3 is 10.1 Å². The predicted octanol–water partition coefficient (Wildman–Crippen LogP) is 1.58. The molecule has 2 unspecified atom stereocenters. The Labute approximate surface area is 82.1 Å². The molecule has 13 heavy (non-hydrogen) atoms. The first-order chi connectivity index (χ1) is 6.36. The summed E-state index contributed by atoms with van der Waals surface area (Å²) in [7, 11) is 0. The second-order valence-electron chi connectivity index (χ2n) is 3.26. The molecule has 72 valence electrons. The minimum atomic E-state index is 0.143. The van der Waals surface area contributed by atoms with Gasteiger partial charge in [0.05, 0.1) is 6.10 Å². The van der Waals surface area contributed by atoms with Crippen LogP contribution in [0.3, 0.4) is 0 Å². The average Bonchev–Trinajstić information content (AvgIpc) is 2.74. The van der Waals surface area contributed by atoms with Gasteiger partial charge >= 0.3 is 0 Å². The van der Waals surface area contributed by atoms with Crippen LogP contribution >= 0.6 is 11.3 Å². The molecular weight excluding hydrogens is 184 g/mol. The van der Waals surface area contributed by atoms with Gasteiger partial charge in [0, 0.05) is 18.1 Å². The largest absolute Gasteiger partial charge is 0.367 e. The van der Waals surface area contributed by atoms with Crippen LogP contribution in [-0.2, 0) is 4.74 Å². The van der Waals surface area contributed by atoms with Crippen molar-refractivity contribution in [2.24, 2.45) is 0 Å². The summed E-state index contributed by atoms with van der Waals surface area (Å²) < 4.78 is 5.84. The lowest BCUT2D eigenvalue weighted by atomic mass is 10.3. The van der Waals surface area contributed by atoms with E-state index in [1.54, 1.807) is 11.3 Å². The Balaban J connectivity index is 1.87. The maximum absolute atomic E-state index is 5.84. The van der Waals surface area contributed by atoms with Crippen molar-refractivity contribution in [3.05, 3.63) is 16.6 Å². The van der Waals surface area contributed by atoms with Crippen LogP contribution < -0.4 is 5.32 Å². The van der Waals surface area contributed by atoms with E-state index in [2.05, 4.69) is 17.2 Å². The Bertz CT molecular complexity index is 244. The number of nitrogens with zero attached hydrogens (tertiary/aromatic N) is 1. The van der Waals surface area contributed by atoms with Crippen LogP contribution in [0.15, 0.2) is 11.6 Å². The van der Waals surface area contributed by atoms with E-state index in [9.17, 15) is 0 Å². The molecule has 1 aliphatic rings. The van der Waals surface area contributed by atoms with Crippen LogP contribution in [0.4, 0.5) is 0 Å². The van der Waals surface area contributed by atoms with E-state index in [0.717, 1.165) is 24.5 Å². The fraction of sp³-hybridized carbons (Fsp3) is 0.667. The number of hydrogen-bond donors (Lipinski definition) is 1. The molecule has 0 saturated carbocycles. The molecule has 0 amide bonds. The zero-order chi connectivity index (χ0) is 9.10. The van der Waals surface area contributed by atoms with Gasteiger partial charge in [-0.3, -0.25) is 0 Å². The molecule has 2 heterocycles. The number of hydrogen-bond acceptors (Lipinski definition) is 4. The number of thiazole rings is 1. The van der Waals surface area contributed by atoms with E-state index >= 15 is 0 Å². The lowest BCUT2D eigenvalue weighted by molar-refractivity contribution is 0.00818. The van der Waals surface area contributed by atoms with Crippen molar-refractivity contribution in [2.75, 3.05) is 13.1 Å². The van der Waals surface area contributed by atoms with Crippen molar-refractivity contribution in [3.8, 4) is 0 Å². The van der Waals surface area contributed by atoms with Crippen molar-refractivity contribution in [2.45, 2.75) is 25.6 Å². The van der Waals surface area contributed by atoms with E-state index in [1.165, 1.54) is 0 Å². The highest BCUT2D eigenvalue weighted by Crippen LogP contribution is 2.21. The molecule has 1 fully saturated rings. The third-order valence-electron chi connectivity index (χ3n) is 2.21. The van der Waals surface area contributed by atoms with Crippen molar-refractivity contribution in [1.82, 2.24) is 10.3 Å².